The summed E-state index contributed by atoms with van der Waals surface area (Å²) in [5.41, 5.74) is 0. The zero-order valence-corrected chi connectivity index (χ0v) is 16.5. The number of hydrogen-bond donors (Lipinski definition) is 2. The average molecular weight is 356 g/mol. The minimum absolute atomic E-state index is 0.121. The van der Waals surface area contributed by atoms with Gasteiger partial charge in [-0.05, 0) is 6.42 Å². The second kappa shape index (κ2) is 19.4. The lowest BCUT2D eigenvalue weighted by molar-refractivity contribution is -0.135. The molecule has 0 fully saturated rings. The average Bonchev–Trinajstić information content (AvgIpc) is 2.58. The number of Topliss-reactive ketones (excluding diaryl/α,β-unsaturated/α-hetero) is 1. The van der Waals surface area contributed by atoms with Crippen molar-refractivity contribution in [1.29, 1.82) is 0 Å². The van der Waals surface area contributed by atoms with Gasteiger partial charge in [0.15, 0.2) is 0 Å². The van der Waals surface area contributed by atoms with Crippen molar-refractivity contribution < 1.29 is 14.7 Å². The molecule has 25 heavy (non-hydrogen) atoms. The predicted molar refractivity (Wildman–Crippen MR) is 105 cm³/mol. The Labute approximate surface area is 155 Å². The topological polar surface area (TPSA) is 66.4 Å². The van der Waals surface area contributed by atoms with E-state index in [0.29, 0.717) is 6.42 Å². The lowest BCUT2D eigenvalue weighted by Gasteiger charge is -2.04. The fraction of sp³-hybridized carbons (Fsp3) is 0.905. The molecule has 0 amide bonds. The van der Waals surface area contributed by atoms with Gasteiger partial charge in [-0.25, -0.2) is 0 Å². The molecule has 0 aromatic rings. The highest BCUT2D eigenvalue weighted by Crippen LogP contribution is 2.13. The van der Waals surface area contributed by atoms with E-state index in [-0.39, 0.29) is 18.9 Å². The van der Waals surface area contributed by atoms with Crippen LogP contribution < -0.4 is 5.32 Å². The first-order valence-electron chi connectivity index (χ1n) is 10.6. The van der Waals surface area contributed by atoms with E-state index >= 15 is 0 Å². The summed E-state index contributed by atoms with van der Waals surface area (Å²) in [6, 6.07) is 0. The third kappa shape index (κ3) is 21.1. The molecular weight excluding hydrogens is 314 g/mol. The summed E-state index contributed by atoms with van der Waals surface area (Å²) in [5.74, 6) is -0.796. The fourth-order valence-corrected chi connectivity index (χ4v) is 3.09. The summed E-state index contributed by atoms with van der Waals surface area (Å²) in [4.78, 5) is 21.8. The van der Waals surface area contributed by atoms with Crippen LogP contribution in [0.25, 0.3) is 0 Å². The number of unbranched alkanes of at least 4 members (excludes halogenated alkanes) is 14. The number of ketones is 1. The van der Waals surface area contributed by atoms with E-state index < -0.39 is 5.97 Å². The SMILES string of the molecule is CCCCCCCCCCCCCCCCCC(=O)CNCC(=O)O. The van der Waals surface area contributed by atoms with Crippen molar-refractivity contribution in [2.45, 2.75) is 110 Å². The molecule has 4 heteroatoms. The monoisotopic (exact) mass is 355 g/mol. The van der Waals surface area contributed by atoms with Crippen molar-refractivity contribution in [3.8, 4) is 0 Å². The predicted octanol–water partition coefficient (Wildman–Crippen LogP) is 5.49. The highest BCUT2D eigenvalue weighted by Gasteiger charge is 2.03. The van der Waals surface area contributed by atoms with E-state index in [9.17, 15) is 9.59 Å². The normalized spacial score (nSPS) is 10.9. The Kier molecular flexibility index (Phi) is 18.7. The maximum Gasteiger partial charge on any atom is 0.317 e. The van der Waals surface area contributed by atoms with Gasteiger partial charge < -0.3 is 10.4 Å². The van der Waals surface area contributed by atoms with Crippen LogP contribution in [0.3, 0.4) is 0 Å². The minimum atomic E-state index is -0.917. The van der Waals surface area contributed by atoms with E-state index in [1.54, 1.807) is 0 Å². The molecule has 0 atom stereocenters. The quantitative estimate of drug-likeness (QED) is 0.283. The smallest absolute Gasteiger partial charge is 0.317 e. The van der Waals surface area contributed by atoms with E-state index in [2.05, 4.69) is 12.2 Å². The van der Waals surface area contributed by atoms with Gasteiger partial charge in [0.05, 0.1) is 13.1 Å². The second-order valence-electron chi connectivity index (χ2n) is 7.24. The lowest BCUT2D eigenvalue weighted by atomic mass is 10.0. The van der Waals surface area contributed by atoms with Gasteiger partial charge in [-0.3, -0.25) is 9.59 Å². The number of carbonyl (C=O) groups excluding carboxylic acids is 1. The largest absolute Gasteiger partial charge is 0.480 e. The number of carbonyl (C=O) groups is 2. The molecule has 0 aliphatic rings. The molecule has 0 heterocycles. The van der Waals surface area contributed by atoms with Gasteiger partial charge in [0, 0.05) is 6.42 Å². The number of carboxylic acids is 1. The first-order chi connectivity index (χ1) is 12.2. The van der Waals surface area contributed by atoms with Gasteiger partial charge in [0.25, 0.3) is 0 Å². The molecule has 4 nitrogen and oxygen atoms in total. The van der Waals surface area contributed by atoms with Crippen LogP contribution in [0.5, 0.6) is 0 Å². The maximum absolute atomic E-state index is 11.5. The van der Waals surface area contributed by atoms with Gasteiger partial charge in [-0.2, -0.15) is 0 Å². The molecule has 0 bridgehead atoms. The minimum Gasteiger partial charge on any atom is -0.480 e. The molecule has 0 unspecified atom stereocenters. The maximum atomic E-state index is 11.5. The molecule has 0 aliphatic heterocycles. The van der Waals surface area contributed by atoms with Crippen LogP contribution in [-0.2, 0) is 9.59 Å². The summed E-state index contributed by atoms with van der Waals surface area (Å²) < 4.78 is 0. The van der Waals surface area contributed by atoms with E-state index in [4.69, 9.17) is 5.11 Å². The van der Waals surface area contributed by atoms with Crippen molar-refractivity contribution >= 4 is 11.8 Å². The van der Waals surface area contributed by atoms with Crippen molar-refractivity contribution in [2.75, 3.05) is 13.1 Å². The van der Waals surface area contributed by atoms with E-state index in [0.717, 1.165) is 12.8 Å². The summed E-state index contributed by atoms with van der Waals surface area (Å²) in [5, 5.41) is 11.1. The zero-order chi connectivity index (χ0) is 18.6. The lowest BCUT2D eigenvalue weighted by Crippen LogP contribution is -2.28. The Morgan fingerprint density at radius 1 is 0.640 bits per heavy atom. The second-order valence-corrected chi connectivity index (χ2v) is 7.24. The van der Waals surface area contributed by atoms with Gasteiger partial charge >= 0.3 is 5.97 Å². The Balaban J connectivity index is 3.11. The summed E-state index contributed by atoms with van der Waals surface area (Å²) >= 11 is 0. The van der Waals surface area contributed by atoms with Crippen molar-refractivity contribution in [3.05, 3.63) is 0 Å². The first kappa shape index (κ1) is 24.1. The molecule has 0 aromatic heterocycles. The van der Waals surface area contributed by atoms with Crippen LogP contribution in [0.1, 0.15) is 110 Å². The number of aliphatic carboxylic acids is 1. The molecular formula is C21H41NO3. The van der Waals surface area contributed by atoms with Crippen LogP contribution >= 0.6 is 0 Å². The number of nitrogens with one attached hydrogen (secondary N) is 1. The highest BCUT2D eigenvalue weighted by molar-refractivity contribution is 5.81. The molecule has 2 N–H and O–H groups in total. The number of rotatable bonds is 20. The third-order valence-electron chi connectivity index (χ3n) is 4.66. The number of carboxylic acid groups (broad SMARTS) is 1. The van der Waals surface area contributed by atoms with Crippen LogP contribution in [0.2, 0.25) is 0 Å². The van der Waals surface area contributed by atoms with Gasteiger partial charge in [0.1, 0.15) is 5.78 Å². The summed E-state index contributed by atoms with van der Waals surface area (Å²) in [6.45, 7) is 2.32. The van der Waals surface area contributed by atoms with E-state index in [1.165, 1.54) is 83.5 Å². The molecule has 0 aromatic carbocycles. The molecule has 0 saturated heterocycles. The van der Waals surface area contributed by atoms with Gasteiger partial charge in [-0.15, -0.1) is 0 Å². The van der Waals surface area contributed by atoms with Gasteiger partial charge in [-0.1, -0.05) is 96.8 Å². The Hall–Kier alpha value is -0.900. The molecule has 0 saturated carbocycles. The number of hydrogen-bond acceptors (Lipinski definition) is 3. The molecule has 0 radical (unpaired) electrons. The van der Waals surface area contributed by atoms with Crippen LogP contribution in [0.4, 0.5) is 0 Å². The Morgan fingerprint density at radius 3 is 1.44 bits per heavy atom. The third-order valence-corrected chi connectivity index (χ3v) is 4.66. The highest BCUT2D eigenvalue weighted by atomic mass is 16.4. The summed E-state index contributed by atoms with van der Waals surface area (Å²) in [6.07, 6.45) is 20.4. The molecule has 0 aliphatic carbocycles. The summed E-state index contributed by atoms with van der Waals surface area (Å²) in [7, 11) is 0. The molecule has 0 spiro atoms. The van der Waals surface area contributed by atoms with E-state index in [1.807, 2.05) is 0 Å². The van der Waals surface area contributed by atoms with Crippen molar-refractivity contribution in [1.82, 2.24) is 5.32 Å². The molecule has 148 valence electrons. The van der Waals surface area contributed by atoms with Crippen LogP contribution in [-0.4, -0.2) is 29.9 Å². The van der Waals surface area contributed by atoms with Crippen LogP contribution in [0, 0.1) is 0 Å². The molecule has 0 rings (SSSR count). The Morgan fingerprint density at radius 2 is 1.04 bits per heavy atom. The Bertz CT molecular complexity index is 318. The van der Waals surface area contributed by atoms with Crippen molar-refractivity contribution in [3.63, 3.8) is 0 Å². The standard InChI is InChI=1S/C21H41NO3/c1-2-3-4-5-6-7-8-9-10-11-12-13-14-15-16-17-20(23)18-22-19-21(24)25/h22H,2-19H2,1H3,(H,24,25). The first-order valence-corrected chi connectivity index (χ1v) is 10.6. The van der Waals surface area contributed by atoms with Crippen molar-refractivity contribution in [2.24, 2.45) is 0 Å². The van der Waals surface area contributed by atoms with Crippen LogP contribution in [0.15, 0.2) is 0 Å². The zero-order valence-electron chi connectivity index (χ0n) is 16.5. The van der Waals surface area contributed by atoms with Gasteiger partial charge in [0.2, 0.25) is 0 Å². The fourth-order valence-electron chi connectivity index (χ4n) is 3.09.